The van der Waals surface area contributed by atoms with Crippen molar-refractivity contribution in [3.8, 4) is 11.1 Å². The Kier molecular flexibility index (Phi) is 5.77. The molecular formula is C25H16Cl2FNO2. The van der Waals surface area contributed by atoms with Crippen molar-refractivity contribution in [2.75, 3.05) is 0 Å². The van der Waals surface area contributed by atoms with Gasteiger partial charge in [-0.2, -0.15) is 0 Å². The maximum atomic E-state index is 14.3. The highest BCUT2D eigenvalue weighted by Gasteiger charge is 2.21. The minimum absolute atomic E-state index is 0.0484. The maximum absolute atomic E-state index is 14.3. The Hall–Kier alpha value is -3.21. The van der Waals surface area contributed by atoms with Crippen LogP contribution in [-0.2, 0) is 0 Å². The molecule has 3 nitrogen and oxygen atoms in total. The molecule has 154 valence electrons. The number of benzene rings is 3. The van der Waals surface area contributed by atoms with Gasteiger partial charge >= 0.3 is 0 Å². The monoisotopic (exact) mass is 451 g/mol. The highest BCUT2D eigenvalue weighted by molar-refractivity contribution is 6.33. The number of allylic oxidation sites excluding steroid dienone is 2. The molecule has 0 saturated carbocycles. The zero-order chi connectivity index (χ0) is 22.1. The normalized spacial score (nSPS) is 11.7. The number of carbonyl (C=O) groups is 1. The Morgan fingerprint density at radius 2 is 1.71 bits per heavy atom. The molecule has 0 saturated heterocycles. The van der Waals surface area contributed by atoms with Crippen molar-refractivity contribution in [1.29, 1.82) is 0 Å². The quantitative estimate of drug-likeness (QED) is 0.270. The Bertz CT molecular complexity index is 1390. The summed E-state index contributed by atoms with van der Waals surface area (Å²) in [6.07, 6.45) is 1.23. The van der Waals surface area contributed by atoms with E-state index in [-0.39, 0.29) is 16.1 Å². The second-order valence-corrected chi connectivity index (χ2v) is 7.89. The number of nitrogens with one attached hydrogen (secondary N) is 1. The highest BCUT2D eigenvalue weighted by Crippen LogP contribution is 2.32. The summed E-state index contributed by atoms with van der Waals surface area (Å²) >= 11 is 12.3. The van der Waals surface area contributed by atoms with Crippen molar-refractivity contribution < 1.29 is 9.18 Å². The average Bonchev–Trinajstić information content (AvgIpc) is 2.73. The fourth-order valence-electron chi connectivity index (χ4n) is 3.62. The number of aromatic amines is 1. The molecule has 6 heteroatoms. The van der Waals surface area contributed by atoms with Crippen molar-refractivity contribution in [3.63, 3.8) is 0 Å². The number of carbonyl (C=O) groups excluding carboxylic acids is 1. The van der Waals surface area contributed by atoms with Crippen LogP contribution < -0.4 is 5.56 Å². The van der Waals surface area contributed by atoms with E-state index in [0.29, 0.717) is 32.6 Å². The number of ketones is 1. The first-order valence-corrected chi connectivity index (χ1v) is 10.2. The van der Waals surface area contributed by atoms with Gasteiger partial charge in [0.15, 0.2) is 5.78 Å². The second kappa shape index (κ2) is 8.50. The van der Waals surface area contributed by atoms with Gasteiger partial charge in [0.05, 0.1) is 10.6 Å². The predicted molar refractivity (Wildman–Crippen MR) is 124 cm³/mol. The molecule has 3 aromatic carbocycles. The predicted octanol–water partition coefficient (Wildman–Crippen LogP) is 6.93. The van der Waals surface area contributed by atoms with Crippen molar-refractivity contribution in [2.45, 2.75) is 6.92 Å². The molecule has 4 rings (SSSR count). The lowest BCUT2D eigenvalue weighted by atomic mass is 9.93. The molecule has 1 N–H and O–H groups in total. The first kappa shape index (κ1) is 21.0. The van der Waals surface area contributed by atoms with Gasteiger partial charge in [0.1, 0.15) is 5.82 Å². The molecule has 31 heavy (non-hydrogen) atoms. The largest absolute Gasteiger partial charge is 0.321 e. The molecule has 0 fully saturated rings. The summed E-state index contributed by atoms with van der Waals surface area (Å²) in [6.45, 7) is 1.58. The number of halogens is 3. The number of H-pyrrole nitrogens is 1. The van der Waals surface area contributed by atoms with E-state index in [4.69, 9.17) is 23.2 Å². The lowest BCUT2D eigenvalue weighted by molar-refractivity contribution is 0.104. The maximum Gasteiger partial charge on any atom is 0.260 e. The zero-order valence-corrected chi connectivity index (χ0v) is 17.9. The molecule has 0 bridgehead atoms. The Morgan fingerprint density at radius 3 is 2.42 bits per heavy atom. The molecule has 4 aromatic rings. The Morgan fingerprint density at radius 1 is 0.968 bits per heavy atom. The van der Waals surface area contributed by atoms with Crippen molar-refractivity contribution in [2.24, 2.45) is 0 Å². The third-order valence-corrected chi connectivity index (χ3v) is 5.54. The summed E-state index contributed by atoms with van der Waals surface area (Å²) in [5.74, 6) is -1.10. The van der Waals surface area contributed by atoms with Crippen LogP contribution in [-0.4, -0.2) is 10.8 Å². The molecule has 0 aliphatic carbocycles. The first-order valence-electron chi connectivity index (χ1n) is 9.45. The van der Waals surface area contributed by atoms with Crippen LogP contribution in [0, 0.1) is 5.82 Å². The van der Waals surface area contributed by atoms with Gasteiger partial charge in [0, 0.05) is 27.1 Å². The molecule has 0 aliphatic rings. The van der Waals surface area contributed by atoms with Crippen molar-refractivity contribution >= 4 is 45.5 Å². The summed E-state index contributed by atoms with van der Waals surface area (Å²) < 4.78 is 14.3. The van der Waals surface area contributed by atoms with Crippen LogP contribution in [0.1, 0.15) is 22.8 Å². The van der Waals surface area contributed by atoms with Gasteiger partial charge in [0.2, 0.25) is 0 Å². The topological polar surface area (TPSA) is 49.9 Å². The molecule has 1 heterocycles. The van der Waals surface area contributed by atoms with Gasteiger partial charge < -0.3 is 4.98 Å². The molecule has 1 aromatic heterocycles. The van der Waals surface area contributed by atoms with E-state index in [1.807, 2.05) is 30.3 Å². The van der Waals surface area contributed by atoms with Crippen molar-refractivity contribution in [3.05, 3.63) is 110 Å². The highest BCUT2D eigenvalue weighted by atomic mass is 35.5. The average molecular weight is 452 g/mol. The van der Waals surface area contributed by atoms with Crippen molar-refractivity contribution in [1.82, 2.24) is 4.98 Å². The second-order valence-electron chi connectivity index (χ2n) is 7.05. The smallest absolute Gasteiger partial charge is 0.260 e. The van der Waals surface area contributed by atoms with Gasteiger partial charge in [-0.25, -0.2) is 4.39 Å². The lowest BCUT2D eigenvalue weighted by Crippen LogP contribution is -2.19. The number of hydrogen-bond donors (Lipinski definition) is 1. The number of rotatable bonds is 4. The van der Waals surface area contributed by atoms with Gasteiger partial charge in [-0.05, 0) is 54.5 Å². The van der Waals surface area contributed by atoms with Gasteiger partial charge in [-0.15, -0.1) is 0 Å². The Balaban J connectivity index is 1.98. The summed E-state index contributed by atoms with van der Waals surface area (Å²) in [5, 5.41) is 1.29. The van der Waals surface area contributed by atoms with Crippen LogP contribution >= 0.6 is 23.2 Å². The van der Waals surface area contributed by atoms with Crippen LogP contribution in [0.4, 0.5) is 4.39 Å². The van der Waals surface area contributed by atoms with Gasteiger partial charge in [-0.1, -0.05) is 59.6 Å². The molecule has 0 radical (unpaired) electrons. The van der Waals surface area contributed by atoms with Crippen LogP contribution in [0.5, 0.6) is 0 Å². The third-order valence-electron chi connectivity index (χ3n) is 4.99. The first-order chi connectivity index (χ1) is 14.9. The fourth-order valence-corrected chi connectivity index (χ4v) is 4.10. The van der Waals surface area contributed by atoms with Gasteiger partial charge in [-0.3, -0.25) is 9.59 Å². The standard InChI is InChI=1S/C25H16Cl2FNO2/c1-14(22-18(27)8-5-9-19(22)28)12-21(30)24-23(15-6-3-2-4-7-15)17-13-16(26)10-11-20(17)29-25(24)31/h2-13H,1H3,(H,29,31)/b14-12-. The van der Waals surface area contributed by atoms with E-state index >= 15 is 0 Å². The van der Waals surface area contributed by atoms with Crippen LogP contribution in [0.25, 0.3) is 27.6 Å². The molecule has 0 amide bonds. The molecular weight excluding hydrogens is 436 g/mol. The van der Waals surface area contributed by atoms with E-state index in [9.17, 15) is 14.0 Å². The minimum atomic E-state index is -0.557. The van der Waals surface area contributed by atoms with Gasteiger partial charge in [0.25, 0.3) is 5.56 Å². The van der Waals surface area contributed by atoms with Crippen LogP contribution in [0.15, 0.2) is 77.6 Å². The minimum Gasteiger partial charge on any atom is -0.321 e. The Labute approximate surface area is 187 Å². The molecule has 0 aliphatic heterocycles. The zero-order valence-electron chi connectivity index (χ0n) is 16.4. The number of aromatic nitrogens is 1. The van der Waals surface area contributed by atoms with E-state index < -0.39 is 17.2 Å². The third kappa shape index (κ3) is 4.05. The molecule has 0 spiro atoms. The summed E-state index contributed by atoms with van der Waals surface area (Å²) in [5.41, 5.74) is 1.57. The number of fused-ring (bicyclic) bond motifs is 1. The van der Waals surface area contributed by atoms with Crippen LogP contribution in [0.3, 0.4) is 0 Å². The van der Waals surface area contributed by atoms with E-state index in [1.54, 1.807) is 31.2 Å². The summed E-state index contributed by atoms with van der Waals surface area (Å²) in [6, 6.07) is 18.5. The van der Waals surface area contributed by atoms with E-state index in [2.05, 4.69) is 4.98 Å². The molecule has 0 atom stereocenters. The van der Waals surface area contributed by atoms with Crippen LogP contribution in [0.2, 0.25) is 10.0 Å². The summed E-state index contributed by atoms with van der Waals surface area (Å²) in [4.78, 5) is 29.0. The lowest BCUT2D eigenvalue weighted by Gasteiger charge is -2.12. The summed E-state index contributed by atoms with van der Waals surface area (Å²) in [7, 11) is 0. The van der Waals surface area contributed by atoms with E-state index in [1.165, 1.54) is 18.2 Å². The number of pyridine rings is 1. The molecule has 0 unspecified atom stereocenters. The SMILES string of the molecule is C/C(=C/C(=O)c1c(-c2ccccc2)c2cc(Cl)ccc2[nH]c1=O)c1c(F)cccc1Cl. The fraction of sp³-hybridized carbons (Fsp3) is 0.0400. The van der Waals surface area contributed by atoms with E-state index in [0.717, 1.165) is 0 Å². The number of hydrogen-bond acceptors (Lipinski definition) is 2.